The Morgan fingerprint density at radius 3 is 2.43 bits per heavy atom. The Hall–Kier alpha value is -3.35. The zero-order valence-electron chi connectivity index (χ0n) is 15.8. The topological polar surface area (TPSA) is 116 Å². The van der Waals surface area contributed by atoms with Crippen LogP contribution in [0, 0.1) is 0 Å². The molecule has 0 bridgehead atoms. The molecule has 0 saturated heterocycles. The predicted octanol–water partition coefficient (Wildman–Crippen LogP) is 3.73. The average Bonchev–Trinajstić information content (AvgIpc) is 2.60. The minimum absolute atomic E-state index is 0.0106. The first kappa shape index (κ1) is 19.4. The number of phenolic OH excluding ortho intramolecular Hbond substituents is 4. The van der Waals surface area contributed by atoms with Crippen LogP contribution in [-0.2, 0) is 6.42 Å². The molecule has 1 aliphatic rings. The third-order valence-electron chi connectivity index (χ3n) is 4.64. The van der Waals surface area contributed by atoms with Crippen LogP contribution in [0.1, 0.15) is 47.9 Å². The van der Waals surface area contributed by atoms with Gasteiger partial charge in [-0.25, -0.2) is 0 Å². The van der Waals surface area contributed by atoms with Crippen molar-refractivity contribution in [3.8, 4) is 34.5 Å². The van der Waals surface area contributed by atoms with Gasteiger partial charge < -0.3 is 29.9 Å². The van der Waals surface area contributed by atoms with E-state index < -0.39 is 6.10 Å². The lowest BCUT2D eigenvalue weighted by Crippen LogP contribution is -2.22. The number of rotatable bonds is 4. The Morgan fingerprint density at radius 2 is 1.79 bits per heavy atom. The summed E-state index contributed by atoms with van der Waals surface area (Å²) in [6, 6.07) is 3.64. The molecule has 28 heavy (non-hydrogen) atoms. The lowest BCUT2D eigenvalue weighted by molar-refractivity contribution is 0.0839. The number of allylic oxidation sites excluding steroid dienone is 2. The monoisotopic (exact) mass is 386 g/mol. The second-order valence-electron chi connectivity index (χ2n) is 6.90. The summed E-state index contributed by atoms with van der Waals surface area (Å²) in [5.41, 5.74) is 1.65. The standard InChI is InChI=1S/C21H22O7/c1-10(2)4-5-11-13(22)8-16(25)20-17(26)9-18(28-21(11)20)12-6-19(27-3)15(24)7-14(12)23/h4,6-8,18,22-25H,5,9H2,1-3H3/t18-/m0/s1. The van der Waals surface area contributed by atoms with Crippen LogP contribution in [0.25, 0.3) is 0 Å². The molecular weight excluding hydrogens is 364 g/mol. The molecule has 3 rings (SSSR count). The van der Waals surface area contributed by atoms with Crippen LogP contribution in [0.15, 0.2) is 29.8 Å². The molecular formula is C21H22O7. The molecule has 0 saturated carbocycles. The molecule has 148 valence electrons. The van der Waals surface area contributed by atoms with E-state index in [1.54, 1.807) is 0 Å². The van der Waals surface area contributed by atoms with Gasteiger partial charge in [0.15, 0.2) is 17.3 Å². The quantitative estimate of drug-likeness (QED) is 0.592. The highest BCUT2D eigenvalue weighted by atomic mass is 16.5. The van der Waals surface area contributed by atoms with Gasteiger partial charge in [-0.3, -0.25) is 4.79 Å². The number of aromatic hydroxyl groups is 4. The van der Waals surface area contributed by atoms with Gasteiger partial charge in [-0.1, -0.05) is 11.6 Å². The van der Waals surface area contributed by atoms with Gasteiger partial charge in [0.25, 0.3) is 0 Å². The Labute approximate surface area is 162 Å². The fourth-order valence-electron chi connectivity index (χ4n) is 3.20. The van der Waals surface area contributed by atoms with Crippen molar-refractivity contribution in [2.24, 2.45) is 0 Å². The molecule has 7 heteroatoms. The maximum Gasteiger partial charge on any atom is 0.174 e. The summed E-state index contributed by atoms with van der Waals surface area (Å²) >= 11 is 0. The number of phenols is 4. The Balaban J connectivity index is 2.11. The van der Waals surface area contributed by atoms with Crippen molar-refractivity contribution < 1.29 is 34.7 Å². The fourth-order valence-corrected chi connectivity index (χ4v) is 3.20. The molecule has 7 nitrogen and oxygen atoms in total. The van der Waals surface area contributed by atoms with Gasteiger partial charge in [0.05, 0.1) is 13.5 Å². The van der Waals surface area contributed by atoms with Crippen molar-refractivity contribution >= 4 is 5.78 Å². The summed E-state index contributed by atoms with van der Waals surface area (Å²) in [6.45, 7) is 3.80. The highest BCUT2D eigenvalue weighted by Gasteiger charge is 2.35. The van der Waals surface area contributed by atoms with Crippen LogP contribution in [0.5, 0.6) is 34.5 Å². The van der Waals surface area contributed by atoms with Crippen LogP contribution in [0.3, 0.4) is 0 Å². The molecule has 0 spiro atoms. The second-order valence-corrected chi connectivity index (χ2v) is 6.90. The molecule has 0 aromatic heterocycles. The van der Waals surface area contributed by atoms with Gasteiger partial charge in [0.2, 0.25) is 0 Å². The van der Waals surface area contributed by atoms with Crippen LogP contribution < -0.4 is 9.47 Å². The third kappa shape index (κ3) is 3.43. The number of methoxy groups -OCH3 is 1. The number of carbonyl (C=O) groups excluding carboxylic acids is 1. The Morgan fingerprint density at radius 1 is 1.11 bits per heavy atom. The second kappa shape index (κ2) is 7.34. The molecule has 2 aromatic rings. The summed E-state index contributed by atoms with van der Waals surface area (Å²) in [7, 11) is 1.37. The normalized spacial score (nSPS) is 15.5. The summed E-state index contributed by atoms with van der Waals surface area (Å²) in [5.74, 6) is -1.21. The molecule has 2 aromatic carbocycles. The van der Waals surface area contributed by atoms with E-state index in [4.69, 9.17) is 9.47 Å². The first-order chi connectivity index (χ1) is 13.2. The molecule has 0 unspecified atom stereocenters. The Bertz CT molecular complexity index is 971. The third-order valence-corrected chi connectivity index (χ3v) is 4.64. The van der Waals surface area contributed by atoms with E-state index in [9.17, 15) is 25.2 Å². The number of hydrogen-bond acceptors (Lipinski definition) is 7. The number of hydrogen-bond donors (Lipinski definition) is 4. The number of carbonyl (C=O) groups is 1. The minimum Gasteiger partial charge on any atom is -0.507 e. The van der Waals surface area contributed by atoms with Crippen LogP contribution in [0.4, 0.5) is 0 Å². The number of benzene rings is 2. The number of ketones is 1. The number of Topliss-reactive ketones (excluding diaryl/α,β-unsaturated/α-hetero) is 1. The maximum absolute atomic E-state index is 12.7. The van der Waals surface area contributed by atoms with Gasteiger partial charge in [-0.2, -0.15) is 0 Å². The van der Waals surface area contributed by atoms with E-state index in [2.05, 4.69) is 0 Å². The van der Waals surface area contributed by atoms with E-state index in [1.165, 1.54) is 13.2 Å². The molecule has 1 aliphatic heterocycles. The van der Waals surface area contributed by atoms with Crippen molar-refractivity contribution in [2.45, 2.75) is 32.8 Å². The summed E-state index contributed by atoms with van der Waals surface area (Å²) in [5, 5.41) is 40.5. The van der Waals surface area contributed by atoms with E-state index in [1.807, 2.05) is 19.9 Å². The van der Waals surface area contributed by atoms with Gasteiger partial charge in [-0.15, -0.1) is 0 Å². The van der Waals surface area contributed by atoms with Gasteiger partial charge in [0, 0.05) is 23.3 Å². The lowest BCUT2D eigenvalue weighted by Gasteiger charge is -2.28. The molecule has 0 amide bonds. The smallest absolute Gasteiger partial charge is 0.174 e. The molecule has 0 aliphatic carbocycles. The van der Waals surface area contributed by atoms with Crippen molar-refractivity contribution in [3.63, 3.8) is 0 Å². The first-order valence-corrected chi connectivity index (χ1v) is 8.73. The number of fused-ring (bicyclic) bond motifs is 1. The highest BCUT2D eigenvalue weighted by molar-refractivity contribution is 6.03. The van der Waals surface area contributed by atoms with E-state index in [0.717, 1.165) is 17.7 Å². The highest BCUT2D eigenvalue weighted by Crippen LogP contribution is 2.47. The van der Waals surface area contributed by atoms with E-state index in [-0.39, 0.29) is 57.8 Å². The largest absolute Gasteiger partial charge is 0.507 e. The van der Waals surface area contributed by atoms with Gasteiger partial charge in [0.1, 0.15) is 34.7 Å². The summed E-state index contributed by atoms with van der Waals surface area (Å²) < 4.78 is 11.0. The number of ether oxygens (including phenoxy) is 2. The molecule has 4 N–H and O–H groups in total. The summed E-state index contributed by atoms with van der Waals surface area (Å²) in [4.78, 5) is 12.7. The minimum atomic E-state index is -0.874. The molecule has 0 fully saturated rings. The van der Waals surface area contributed by atoms with Crippen LogP contribution in [0.2, 0.25) is 0 Å². The average molecular weight is 386 g/mol. The SMILES string of the molecule is COc1cc([C@@H]2CC(=O)c3c(O)cc(O)c(CC=C(C)C)c3O2)c(O)cc1O. The predicted molar refractivity (Wildman–Crippen MR) is 102 cm³/mol. The van der Waals surface area contributed by atoms with Gasteiger partial charge >= 0.3 is 0 Å². The zero-order chi connectivity index (χ0) is 20.6. The van der Waals surface area contributed by atoms with Crippen molar-refractivity contribution in [1.82, 2.24) is 0 Å². The molecule has 1 atom stereocenters. The first-order valence-electron chi connectivity index (χ1n) is 8.73. The van der Waals surface area contributed by atoms with E-state index >= 15 is 0 Å². The van der Waals surface area contributed by atoms with Crippen LogP contribution >= 0.6 is 0 Å². The molecule has 0 radical (unpaired) electrons. The van der Waals surface area contributed by atoms with Crippen LogP contribution in [-0.4, -0.2) is 33.3 Å². The van der Waals surface area contributed by atoms with Crippen molar-refractivity contribution in [3.05, 3.63) is 46.5 Å². The lowest BCUT2D eigenvalue weighted by atomic mass is 9.92. The molecule has 1 heterocycles. The maximum atomic E-state index is 12.7. The summed E-state index contributed by atoms with van der Waals surface area (Å²) in [6.07, 6.45) is 1.17. The van der Waals surface area contributed by atoms with Crippen molar-refractivity contribution in [2.75, 3.05) is 7.11 Å². The zero-order valence-corrected chi connectivity index (χ0v) is 15.8. The van der Waals surface area contributed by atoms with E-state index in [0.29, 0.717) is 12.0 Å². The van der Waals surface area contributed by atoms with Crippen molar-refractivity contribution in [1.29, 1.82) is 0 Å². The van der Waals surface area contributed by atoms with Gasteiger partial charge in [-0.05, 0) is 26.3 Å². The fraction of sp³-hybridized carbons (Fsp3) is 0.286. The Kier molecular flexibility index (Phi) is 5.09.